The van der Waals surface area contributed by atoms with Crippen LogP contribution in [0.1, 0.15) is 23.2 Å². The third kappa shape index (κ3) is 4.55. The molecule has 1 aromatic carbocycles. The van der Waals surface area contributed by atoms with Gasteiger partial charge in [-0.3, -0.25) is 4.79 Å². The van der Waals surface area contributed by atoms with Crippen molar-refractivity contribution < 1.29 is 9.90 Å². The first kappa shape index (κ1) is 15.9. The first-order valence-electron chi connectivity index (χ1n) is 6.45. The summed E-state index contributed by atoms with van der Waals surface area (Å²) >= 11 is 10.1. The van der Waals surface area contributed by atoms with Crippen LogP contribution in [0.5, 0.6) is 0 Å². The third-order valence-electron chi connectivity index (χ3n) is 3.15. The van der Waals surface area contributed by atoms with Crippen molar-refractivity contribution in [2.45, 2.75) is 18.9 Å². The molecule has 0 radical (unpaired) electrons. The van der Waals surface area contributed by atoms with Crippen LogP contribution in [0.15, 0.2) is 28.7 Å². The Morgan fingerprint density at radius 2 is 2.15 bits per heavy atom. The summed E-state index contributed by atoms with van der Waals surface area (Å²) in [6.45, 7) is 1.45. The van der Waals surface area contributed by atoms with Crippen LogP contribution >= 0.6 is 39.9 Å². The SMILES string of the molecule is O=C(CSC(=S)N1CCC[C@@H](O)C1)c1ccc(Br)cc1. The van der Waals surface area contributed by atoms with Crippen molar-refractivity contribution in [3.05, 3.63) is 34.3 Å². The summed E-state index contributed by atoms with van der Waals surface area (Å²) in [6, 6.07) is 7.33. The fourth-order valence-corrected chi connectivity index (χ4v) is 3.43. The second kappa shape index (κ2) is 7.54. The molecule has 0 unspecified atom stereocenters. The molecule has 1 saturated heterocycles. The number of carbonyl (C=O) groups excluding carboxylic acids is 1. The van der Waals surface area contributed by atoms with Crippen molar-refractivity contribution in [1.29, 1.82) is 0 Å². The third-order valence-corrected chi connectivity index (χ3v) is 5.20. The average molecular weight is 374 g/mol. The van der Waals surface area contributed by atoms with Gasteiger partial charge in [0.05, 0.1) is 11.9 Å². The fourth-order valence-electron chi connectivity index (χ4n) is 2.06. The highest BCUT2D eigenvalue weighted by Crippen LogP contribution is 2.18. The highest BCUT2D eigenvalue weighted by molar-refractivity contribution is 9.10. The molecule has 1 fully saturated rings. The van der Waals surface area contributed by atoms with Gasteiger partial charge < -0.3 is 10.0 Å². The highest BCUT2D eigenvalue weighted by Gasteiger charge is 2.20. The number of benzene rings is 1. The van der Waals surface area contributed by atoms with Crippen LogP contribution in [-0.2, 0) is 0 Å². The number of aliphatic hydroxyl groups is 1. The lowest BCUT2D eigenvalue weighted by molar-refractivity contribution is 0.102. The minimum atomic E-state index is -0.301. The highest BCUT2D eigenvalue weighted by atomic mass is 79.9. The lowest BCUT2D eigenvalue weighted by Gasteiger charge is -2.31. The summed E-state index contributed by atoms with van der Waals surface area (Å²) in [5.41, 5.74) is 0.696. The van der Waals surface area contributed by atoms with E-state index in [0.29, 0.717) is 22.2 Å². The molecule has 3 nitrogen and oxygen atoms in total. The van der Waals surface area contributed by atoms with E-state index < -0.39 is 0 Å². The number of piperidine rings is 1. The minimum absolute atomic E-state index is 0.0717. The molecule has 0 aliphatic carbocycles. The topological polar surface area (TPSA) is 40.5 Å². The molecule has 1 aliphatic rings. The number of halogens is 1. The van der Waals surface area contributed by atoms with Crippen LogP contribution in [0.3, 0.4) is 0 Å². The molecular formula is C14H16BrNO2S2. The van der Waals surface area contributed by atoms with Gasteiger partial charge in [0.2, 0.25) is 0 Å². The second-order valence-corrected chi connectivity index (χ2v) is 7.25. The molecule has 0 saturated carbocycles. The molecule has 1 aromatic rings. The fraction of sp³-hybridized carbons (Fsp3) is 0.429. The monoisotopic (exact) mass is 373 g/mol. The standard InChI is InChI=1S/C14H16BrNO2S2/c15-11-5-3-10(4-6-11)13(18)9-20-14(19)16-7-1-2-12(17)8-16/h3-6,12,17H,1-2,7-9H2/t12-/m1/s1. The number of rotatable bonds is 3. The Balaban J connectivity index is 1.83. The number of hydrogen-bond donors (Lipinski definition) is 1. The summed E-state index contributed by atoms with van der Waals surface area (Å²) in [7, 11) is 0. The molecule has 1 N–H and O–H groups in total. The predicted octanol–water partition coefficient (Wildman–Crippen LogP) is 3.11. The number of carbonyl (C=O) groups is 1. The minimum Gasteiger partial charge on any atom is -0.391 e. The Morgan fingerprint density at radius 3 is 2.80 bits per heavy atom. The van der Waals surface area contributed by atoms with Crippen LogP contribution in [-0.4, -0.2) is 45.1 Å². The van der Waals surface area contributed by atoms with Gasteiger partial charge in [0.1, 0.15) is 4.32 Å². The van der Waals surface area contributed by atoms with Crippen molar-refractivity contribution in [3.63, 3.8) is 0 Å². The molecular weight excluding hydrogens is 358 g/mol. The summed E-state index contributed by atoms with van der Waals surface area (Å²) in [5.74, 6) is 0.412. The Bertz CT molecular complexity index is 492. The number of thiocarbonyl (C=S) groups is 1. The molecule has 1 heterocycles. The van der Waals surface area contributed by atoms with Gasteiger partial charge in [-0.2, -0.15) is 0 Å². The Hall–Kier alpha value is -0.430. The molecule has 1 aliphatic heterocycles. The van der Waals surface area contributed by atoms with Crippen LogP contribution in [0.4, 0.5) is 0 Å². The molecule has 0 bridgehead atoms. The Morgan fingerprint density at radius 1 is 1.45 bits per heavy atom. The molecule has 6 heteroatoms. The number of aliphatic hydroxyl groups excluding tert-OH is 1. The zero-order chi connectivity index (χ0) is 14.5. The number of likely N-dealkylation sites (tertiary alicyclic amines) is 1. The molecule has 1 atom stereocenters. The van der Waals surface area contributed by atoms with E-state index in [9.17, 15) is 9.90 Å². The van der Waals surface area contributed by atoms with Gasteiger partial charge >= 0.3 is 0 Å². The molecule has 2 rings (SSSR count). The van der Waals surface area contributed by atoms with Gasteiger partial charge in [-0.25, -0.2) is 0 Å². The van der Waals surface area contributed by atoms with Crippen molar-refractivity contribution in [3.8, 4) is 0 Å². The van der Waals surface area contributed by atoms with Crippen LogP contribution < -0.4 is 0 Å². The van der Waals surface area contributed by atoms with Gasteiger partial charge in [0, 0.05) is 23.1 Å². The van der Waals surface area contributed by atoms with Crippen LogP contribution in [0, 0.1) is 0 Å². The summed E-state index contributed by atoms with van der Waals surface area (Å²) in [6.07, 6.45) is 1.48. The number of Topliss-reactive ketones (excluding diaryl/α,β-unsaturated/α-hetero) is 1. The van der Waals surface area contributed by atoms with Crippen molar-refractivity contribution in [1.82, 2.24) is 4.90 Å². The van der Waals surface area contributed by atoms with Crippen molar-refractivity contribution in [2.75, 3.05) is 18.8 Å². The average Bonchev–Trinajstić information content (AvgIpc) is 2.45. The summed E-state index contributed by atoms with van der Waals surface area (Å²) < 4.78 is 1.66. The molecule has 108 valence electrons. The number of nitrogens with zero attached hydrogens (tertiary/aromatic N) is 1. The number of β-amino-alcohol motifs (C(OH)–C–C–N with tert-alkyl or cyclic N) is 1. The van der Waals surface area contributed by atoms with Crippen molar-refractivity contribution >= 4 is 50.0 Å². The van der Waals surface area contributed by atoms with Crippen molar-refractivity contribution in [2.24, 2.45) is 0 Å². The summed E-state index contributed by atoms with van der Waals surface area (Å²) in [5, 5.41) is 9.63. The summed E-state index contributed by atoms with van der Waals surface area (Å²) in [4.78, 5) is 14.0. The lowest BCUT2D eigenvalue weighted by atomic mass is 10.1. The Labute approximate surface area is 136 Å². The first-order chi connectivity index (χ1) is 9.56. The predicted molar refractivity (Wildman–Crippen MR) is 90.3 cm³/mol. The molecule has 0 spiro atoms. The maximum Gasteiger partial charge on any atom is 0.173 e. The normalized spacial score (nSPS) is 18.9. The van der Waals surface area contributed by atoms with E-state index >= 15 is 0 Å². The molecule has 0 amide bonds. The zero-order valence-electron chi connectivity index (χ0n) is 10.9. The van der Waals surface area contributed by atoms with E-state index in [4.69, 9.17) is 12.2 Å². The molecule has 0 aromatic heterocycles. The van der Waals surface area contributed by atoms with Gasteiger partial charge in [0.25, 0.3) is 0 Å². The second-order valence-electron chi connectivity index (χ2n) is 4.73. The smallest absolute Gasteiger partial charge is 0.173 e. The quantitative estimate of drug-likeness (QED) is 0.650. The van der Waals surface area contributed by atoms with Gasteiger partial charge in [0.15, 0.2) is 5.78 Å². The van der Waals surface area contributed by atoms with Gasteiger partial charge in [-0.1, -0.05) is 52.0 Å². The largest absolute Gasteiger partial charge is 0.391 e. The van der Waals surface area contributed by atoms with Crippen LogP contribution in [0.2, 0.25) is 0 Å². The van der Waals surface area contributed by atoms with E-state index in [-0.39, 0.29) is 11.9 Å². The van der Waals surface area contributed by atoms with E-state index in [2.05, 4.69) is 15.9 Å². The number of thioether (sulfide) groups is 1. The maximum atomic E-state index is 12.0. The first-order valence-corrected chi connectivity index (χ1v) is 8.63. The van der Waals surface area contributed by atoms with Crippen LogP contribution in [0.25, 0.3) is 0 Å². The van der Waals surface area contributed by atoms with E-state index in [1.54, 1.807) is 12.1 Å². The maximum absolute atomic E-state index is 12.0. The van der Waals surface area contributed by atoms with E-state index in [1.165, 1.54) is 11.8 Å². The Kier molecular flexibility index (Phi) is 6.01. The number of ketones is 1. The zero-order valence-corrected chi connectivity index (χ0v) is 14.1. The van der Waals surface area contributed by atoms with E-state index in [1.807, 2.05) is 17.0 Å². The van der Waals surface area contributed by atoms with Gasteiger partial charge in [-0.15, -0.1) is 0 Å². The lowest BCUT2D eigenvalue weighted by Crippen LogP contribution is -2.40. The van der Waals surface area contributed by atoms with E-state index in [0.717, 1.165) is 23.9 Å². The van der Waals surface area contributed by atoms with Gasteiger partial charge in [-0.05, 0) is 25.0 Å². The number of hydrogen-bond acceptors (Lipinski definition) is 4. The molecule has 20 heavy (non-hydrogen) atoms.